The molecular formula is C13H22O2S. The summed E-state index contributed by atoms with van der Waals surface area (Å²) in [4.78, 5) is 0. The second kappa shape index (κ2) is 8.62. The molecule has 0 amide bonds. The summed E-state index contributed by atoms with van der Waals surface area (Å²) < 4.78 is 5.13. The standard InChI is InChI=1S/C12H18O2.CH4S/c1-4-11-5-10(7-13)6-12(8-14-3)9(11)2;1-2/h5-6,13H,4,7-8H2,1-3H3;2H,1H3. The van der Waals surface area contributed by atoms with Crippen LogP contribution >= 0.6 is 12.6 Å². The Hall–Kier alpha value is -0.510. The van der Waals surface area contributed by atoms with Crippen molar-refractivity contribution < 1.29 is 9.84 Å². The lowest BCUT2D eigenvalue weighted by molar-refractivity contribution is 0.184. The highest BCUT2D eigenvalue weighted by Gasteiger charge is 2.05. The van der Waals surface area contributed by atoms with Gasteiger partial charge in [0.05, 0.1) is 13.2 Å². The van der Waals surface area contributed by atoms with E-state index in [-0.39, 0.29) is 6.61 Å². The predicted molar refractivity (Wildman–Crippen MR) is 72.1 cm³/mol. The molecule has 1 aromatic carbocycles. The molecule has 0 unspecified atom stereocenters. The number of ether oxygens (including phenoxy) is 1. The molecule has 0 bridgehead atoms. The minimum atomic E-state index is 0.101. The van der Waals surface area contributed by atoms with E-state index in [0.717, 1.165) is 12.0 Å². The number of hydrogen-bond acceptors (Lipinski definition) is 3. The second-order valence-electron chi connectivity index (χ2n) is 3.48. The summed E-state index contributed by atoms with van der Waals surface area (Å²) in [5, 5.41) is 9.10. The topological polar surface area (TPSA) is 29.5 Å². The molecule has 1 rings (SSSR count). The maximum absolute atomic E-state index is 9.10. The van der Waals surface area contributed by atoms with Crippen LogP contribution in [0.25, 0.3) is 0 Å². The first kappa shape index (κ1) is 15.5. The normalized spacial score (nSPS) is 9.62. The Kier molecular flexibility index (Phi) is 8.35. The molecule has 0 atom stereocenters. The van der Waals surface area contributed by atoms with Crippen molar-refractivity contribution in [3.8, 4) is 0 Å². The monoisotopic (exact) mass is 242 g/mol. The highest BCUT2D eigenvalue weighted by Crippen LogP contribution is 2.18. The van der Waals surface area contributed by atoms with Crippen molar-refractivity contribution >= 4 is 12.6 Å². The molecule has 1 aromatic rings. The van der Waals surface area contributed by atoms with Crippen LogP contribution in [0.1, 0.15) is 29.2 Å². The molecule has 0 aliphatic carbocycles. The summed E-state index contributed by atoms with van der Waals surface area (Å²) in [5.41, 5.74) is 4.73. The molecule has 1 N–H and O–H groups in total. The van der Waals surface area contributed by atoms with Gasteiger partial charge in [0, 0.05) is 7.11 Å². The maximum atomic E-state index is 9.10. The second-order valence-corrected chi connectivity index (χ2v) is 3.48. The molecule has 0 saturated carbocycles. The van der Waals surface area contributed by atoms with Crippen LogP contribution in [0, 0.1) is 6.92 Å². The summed E-state index contributed by atoms with van der Waals surface area (Å²) in [5.74, 6) is 0. The summed E-state index contributed by atoms with van der Waals surface area (Å²) in [6.45, 7) is 4.95. The van der Waals surface area contributed by atoms with Crippen LogP contribution in [0.4, 0.5) is 0 Å². The Labute approximate surface area is 104 Å². The minimum Gasteiger partial charge on any atom is -0.392 e. The lowest BCUT2D eigenvalue weighted by atomic mass is 9.98. The number of methoxy groups -OCH3 is 1. The van der Waals surface area contributed by atoms with E-state index in [9.17, 15) is 0 Å². The van der Waals surface area contributed by atoms with Gasteiger partial charge in [0.1, 0.15) is 0 Å². The van der Waals surface area contributed by atoms with E-state index in [4.69, 9.17) is 9.84 Å². The molecule has 0 aromatic heterocycles. The molecule has 0 heterocycles. The molecule has 2 nitrogen and oxygen atoms in total. The first-order valence-electron chi connectivity index (χ1n) is 5.38. The number of rotatable bonds is 4. The van der Waals surface area contributed by atoms with Crippen molar-refractivity contribution in [1.29, 1.82) is 0 Å². The van der Waals surface area contributed by atoms with Crippen LogP contribution < -0.4 is 0 Å². The Morgan fingerprint density at radius 3 is 2.25 bits per heavy atom. The molecule has 0 spiro atoms. The Balaban J connectivity index is 0.00000106. The first-order chi connectivity index (χ1) is 7.72. The van der Waals surface area contributed by atoms with Gasteiger partial charge in [0.25, 0.3) is 0 Å². The van der Waals surface area contributed by atoms with Crippen LogP contribution in [-0.2, 0) is 24.4 Å². The van der Waals surface area contributed by atoms with E-state index in [0.29, 0.717) is 6.61 Å². The lowest BCUT2D eigenvalue weighted by Gasteiger charge is -2.11. The van der Waals surface area contributed by atoms with Crippen LogP contribution in [0.15, 0.2) is 12.1 Å². The van der Waals surface area contributed by atoms with Gasteiger partial charge in [-0.1, -0.05) is 19.1 Å². The fourth-order valence-electron chi connectivity index (χ4n) is 1.68. The van der Waals surface area contributed by atoms with E-state index in [1.54, 1.807) is 13.4 Å². The van der Waals surface area contributed by atoms with Gasteiger partial charge < -0.3 is 9.84 Å². The molecule has 3 heteroatoms. The molecule has 0 radical (unpaired) electrons. The molecule has 0 fully saturated rings. The Morgan fingerprint density at radius 2 is 1.81 bits per heavy atom. The van der Waals surface area contributed by atoms with Gasteiger partial charge in [0.2, 0.25) is 0 Å². The van der Waals surface area contributed by atoms with Gasteiger partial charge in [0.15, 0.2) is 0 Å². The van der Waals surface area contributed by atoms with Crippen molar-refractivity contribution in [2.24, 2.45) is 0 Å². The third kappa shape index (κ3) is 4.16. The van der Waals surface area contributed by atoms with Crippen molar-refractivity contribution in [3.63, 3.8) is 0 Å². The summed E-state index contributed by atoms with van der Waals surface area (Å²) >= 11 is 3.53. The number of benzene rings is 1. The fraction of sp³-hybridized carbons (Fsp3) is 0.538. The van der Waals surface area contributed by atoms with Crippen molar-refractivity contribution in [1.82, 2.24) is 0 Å². The minimum absolute atomic E-state index is 0.101. The van der Waals surface area contributed by atoms with E-state index < -0.39 is 0 Å². The van der Waals surface area contributed by atoms with Gasteiger partial charge in [-0.3, -0.25) is 0 Å². The number of aliphatic hydroxyl groups is 1. The molecule has 0 aliphatic rings. The van der Waals surface area contributed by atoms with Crippen LogP contribution in [0.3, 0.4) is 0 Å². The zero-order valence-corrected chi connectivity index (χ0v) is 11.5. The molecule has 92 valence electrons. The summed E-state index contributed by atoms with van der Waals surface area (Å²) in [6.07, 6.45) is 2.69. The Morgan fingerprint density at radius 1 is 1.25 bits per heavy atom. The number of aliphatic hydroxyl groups excluding tert-OH is 1. The van der Waals surface area contributed by atoms with Gasteiger partial charge >= 0.3 is 0 Å². The number of hydrogen-bond donors (Lipinski definition) is 2. The van der Waals surface area contributed by atoms with Gasteiger partial charge in [-0.25, -0.2) is 0 Å². The Bertz CT molecular complexity index is 311. The van der Waals surface area contributed by atoms with Crippen molar-refractivity contribution in [3.05, 3.63) is 34.4 Å². The largest absolute Gasteiger partial charge is 0.392 e. The third-order valence-corrected chi connectivity index (χ3v) is 2.55. The van der Waals surface area contributed by atoms with E-state index in [1.807, 2.05) is 6.07 Å². The van der Waals surface area contributed by atoms with Crippen LogP contribution in [0.2, 0.25) is 0 Å². The molecular weight excluding hydrogens is 220 g/mol. The van der Waals surface area contributed by atoms with Crippen LogP contribution in [-0.4, -0.2) is 18.5 Å². The van der Waals surface area contributed by atoms with Crippen molar-refractivity contribution in [2.75, 3.05) is 13.4 Å². The average Bonchev–Trinajstić information content (AvgIpc) is 2.34. The van der Waals surface area contributed by atoms with Crippen LogP contribution in [0.5, 0.6) is 0 Å². The molecule has 16 heavy (non-hydrogen) atoms. The zero-order chi connectivity index (χ0) is 12.6. The summed E-state index contributed by atoms with van der Waals surface area (Å²) in [6, 6.07) is 4.08. The number of aryl methyl sites for hydroxylation is 1. The SMILES string of the molecule is CCc1cc(CO)cc(COC)c1C.CS. The number of thiol groups is 1. The highest BCUT2D eigenvalue weighted by molar-refractivity contribution is 7.79. The fourth-order valence-corrected chi connectivity index (χ4v) is 1.68. The highest BCUT2D eigenvalue weighted by atomic mass is 32.1. The van der Waals surface area contributed by atoms with E-state index >= 15 is 0 Å². The lowest BCUT2D eigenvalue weighted by Crippen LogP contribution is -1.99. The molecule has 0 aliphatic heterocycles. The summed E-state index contributed by atoms with van der Waals surface area (Å²) in [7, 11) is 1.69. The van der Waals surface area contributed by atoms with E-state index in [1.165, 1.54) is 16.7 Å². The maximum Gasteiger partial charge on any atom is 0.0715 e. The first-order valence-corrected chi connectivity index (χ1v) is 6.28. The zero-order valence-electron chi connectivity index (χ0n) is 10.6. The van der Waals surface area contributed by atoms with E-state index in [2.05, 4.69) is 32.5 Å². The quantitative estimate of drug-likeness (QED) is 0.795. The van der Waals surface area contributed by atoms with Crippen molar-refractivity contribution in [2.45, 2.75) is 33.5 Å². The smallest absolute Gasteiger partial charge is 0.0715 e. The van der Waals surface area contributed by atoms with Gasteiger partial charge in [-0.2, -0.15) is 12.6 Å². The van der Waals surface area contributed by atoms with Gasteiger partial charge in [-0.05, 0) is 41.9 Å². The predicted octanol–water partition coefficient (Wildman–Crippen LogP) is 2.74. The van der Waals surface area contributed by atoms with Gasteiger partial charge in [-0.15, -0.1) is 0 Å². The molecule has 0 saturated heterocycles. The average molecular weight is 242 g/mol. The third-order valence-electron chi connectivity index (χ3n) is 2.55.